The maximum absolute atomic E-state index is 13.8. The smallest absolute Gasteiger partial charge is 0.239 e. The highest BCUT2D eigenvalue weighted by Gasteiger charge is 2.42. The molecule has 18 heteroatoms. The molecule has 6 rings (SSSR count). The summed E-state index contributed by atoms with van der Waals surface area (Å²) in [7, 11) is 0. The quantitative estimate of drug-likeness (QED) is 0.0614. The fourth-order valence-corrected chi connectivity index (χ4v) is 9.89. The Balaban J connectivity index is 0.717. The molecule has 2 saturated heterocycles. The monoisotopic (exact) mass is 922 g/mol. The number of ether oxygens (including phenoxy) is 4. The lowest BCUT2D eigenvalue weighted by Crippen LogP contribution is -2.47. The maximum atomic E-state index is 13.8. The molecular formula is C47H67FN8O8S. The molecule has 65 heavy (non-hydrogen) atoms. The van der Waals surface area contributed by atoms with Crippen LogP contribution in [0.15, 0.2) is 48.5 Å². The van der Waals surface area contributed by atoms with Crippen molar-refractivity contribution in [2.75, 3.05) is 83.6 Å². The molecule has 356 valence electrons. The summed E-state index contributed by atoms with van der Waals surface area (Å²) in [5.41, 5.74) is 9.88. The summed E-state index contributed by atoms with van der Waals surface area (Å²) >= 11 is 1.95. The van der Waals surface area contributed by atoms with Crippen molar-refractivity contribution >= 4 is 46.9 Å². The summed E-state index contributed by atoms with van der Waals surface area (Å²) in [6.07, 6.45) is 6.18. The van der Waals surface area contributed by atoms with E-state index in [2.05, 4.69) is 25.8 Å². The minimum absolute atomic E-state index is 0.0389. The average Bonchev–Trinajstić information content (AvgIpc) is 3.98. The number of benzene rings is 2. The van der Waals surface area contributed by atoms with E-state index in [1.54, 1.807) is 17.0 Å². The molecule has 6 N–H and O–H groups in total. The largest absolute Gasteiger partial charge is 0.379 e. The minimum Gasteiger partial charge on any atom is -0.379 e. The van der Waals surface area contributed by atoms with Crippen LogP contribution < -0.4 is 27.0 Å². The molecule has 1 aromatic heterocycles. The van der Waals surface area contributed by atoms with Gasteiger partial charge in [-0.3, -0.25) is 19.2 Å². The Kier molecular flexibility index (Phi) is 20.3. The number of hydrogen-bond donors (Lipinski definition) is 5. The third kappa shape index (κ3) is 16.1. The molecule has 3 aromatic rings. The molecule has 3 aliphatic heterocycles. The molecule has 3 unspecified atom stereocenters. The number of amides is 4. The van der Waals surface area contributed by atoms with Crippen molar-refractivity contribution in [3.63, 3.8) is 0 Å². The third-order valence-electron chi connectivity index (χ3n) is 11.8. The van der Waals surface area contributed by atoms with Crippen molar-refractivity contribution in [3.8, 4) is 11.3 Å². The molecule has 2 aromatic carbocycles. The number of carbonyl (C=O) groups is 4. The number of hydrogen-bond acceptors (Lipinski definition) is 12. The molecule has 0 aliphatic carbocycles. The number of imidazole rings is 1. The minimum atomic E-state index is -0.663. The van der Waals surface area contributed by atoms with Gasteiger partial charge >= 0.3 is 0 Å². The summed E-state index contributed by atoms with van der Waals surface area (Å²) in [6.45, 7) is 7.48. The summed E-state index contributed by atoms with van der Waals surface area (Å²) in [6, 6.07) is 14.0. The molecular weight excluding hydrogens is 856 g/mol. The van der Waals surface area contributed by atoms with Crippen molar-refractivity contribution in [1.82, 2.24) is 30.4 Å². The van der Waals surface area contributed by atoms with Crippen LogP contribution >= 0.6 is 11.8 Å². The van der Waals surface area contributed by atoms with Crippen molar-refractivity contribution in [3.05, 3.63) is 65.7 Å². The highest BCUT2D eigenvalue weighted by Crippen LogP contribution is 2.40. The van der Waals surface area contributed by atoms with Crippen LogP contribution in [0.2, 0.25) is 0 Å². The van der Waals surface area contributed by atoms with Gasteiger partial charge in [-0.15, -0.1) is 0 Å². The number of thioether (sulfide) groups is 1. The number of halogens is 1. The Morgan fingerprint density at radius 3 is 2.26 bits per heavy atom. The van der Waals surface area contributed by atoms with Gasteiger partial charge in [-0.2, -0.15) is 11.8 Å². The first-order chi connectivity index (χ1) is 31.6. The SMILES string of the molecule is Cc1ccc(Nc2c(-c3ccc(F)cc3)nc3n2CCN(C(=O)[C@@H](N)CCCCNC(=O)CCOCCOCCOCCOCCNC(=O)CCCCC2SCC4NC(=O)CC42)C3)cc1. The van der Waals surface area contributed by atoms with Gasteiger partial charge in [-0.1, -0.05) is 24.1 Å². The lowest BCUT2D eigenvalue weighted by molar-refractivity contribution is -0.134. The van der Waals surface area contributed by atoms with Gasteiger partial charge in [0.15, 0.2) is 0 Å². The third-order valence-corrected chi connectivity index (χ3v) is 13.4. The van der Waals surface area contributed by atoms with Crippen LogP contribution in [0.25, 0.3) is 11.3 Å². The van der Waals surface area contributed by atoms with Crippen LogP contribution in [0.1, 0.15) is 69.2 Å². The first-order valence-corrected chi connectivity index (χ1v) is 24.2. The zero-order valence-corrected chi connectivity index (χ0v) is 38.5. The molecule has 0 spiro atoms. The van der Waals surface area contributed by atoms with E-state index in [9.17, 15) is 23.6 Å². The predicted octanol–water partition coefficient (Wildman–Crippen LogP) is 4.45. The number of aryl methyl sites for hydroxylation is 1. The topological polar surface area (TPSA) is 200 Å². The molecule has 0 bridgehead atoms. The van der Waals surface area contributed by atoms with E-state index >= 15 is 0 Å². The molecule has 4 atom stereocenters. The Morgan fingerprint density at radius 1 is 0.846 bits per heavy atom. The normalized spacial score (nSPS) is 18.2. The van der Waals surface area contributed by atoms with E-state index in [-0.39, 0.29) is 42.5 Å². The number of aromatic nitrogens is 2. The molecule has 16 nitrogen and oxygen atoms in total. The van der Waals surface area contributed by atoms with Crippen LogP contribution in [0.5, 0.6) is 0 Å². The highest BCUT2D eigenvalue weighted by atomic mass is 32.2. The van der Waals surface area contributed by atoms with E-state index in [1.807, 2.05) is 43.0 Å². The number of fused-ring (bicyclic) bond motifs is 2. The lowest BCUT2D eigenvalue weighted by atomic mass is 9.94. The number of unbranched alkanes of at least 4 members (excludes halogenated alkanes) is 2. The number of rotatable bonds is 29. The number of nitrogens with two attached hydrogens (primary N) is 1. The van der Waals surface area contributed by atoms with Gasteiger partial charge in [0.1, 0.15) is 23.2 Å². The Labute approximate surface area is 386 Å². The van der Waals surface area contributed by atoms with Gasteiger partial charge in [-0.25, -0.2) is 9.37 Å². The predicted molar refractivity (Wildman–Crippen MR) is 248 cm³/mol. The van der Waals surface area contributed by atoms with Gasteiger partial charge in [0.2, 0.25) is 23.6 Å². The molecule has 4 heterocycles. The van der Waals surface area contributed by atoms with E-state index in [4.69, 9.17) is 29.7 Å². The van der Waals surface area contributed by atoms with E-state index in [0.29, 0.717) is 134 Å². The second-order valence-electron chi connectivity index (χ2n) is 16.8. The molecule has 2 fully saturated rings. The number of nitrogens with one attached hydrogen (secondary N) is 4. The zero-order valence-electron chi connectivity index (χ0n) is 37.7. The van der Waals surface area contributed by atoms with Crippen molar-refractivity contribution in [1.29, 1.82) is 0 Å². The van der Waals surface area contributed by atoms with Gasteiger partial charge in [0, 0.05) is 79.7 Å². The maximum Gasteiger partial charge on any atom is 0.239 e. The summed E-state index contributed by atoms with van der Waals surface area (Å²) < 4.78 is 37.9. The summed E-state index contributed by atoms with van der Waals surface area (Å²) in [5, 5.41) is 12.9. The van der Waals surface area contributed by atoms with Gasteiger partial charge in [0.25, 0.3) is 0 Å². The lowest BCUT2D eigenvalue weighted by Gasteiger charge is -2.30. The fourth-order valence-electron chi connectivity index (χ4n) is 8.23. The van der Waals surface area contributed by atoms with Crippen LogP contribution in [-0.4, -0.2) is 134 Å². The number of carbonyl (C=O) groups excluding carboxylic acids is 4. The van der Waals surface area contributed by atoms with Gasteiger partial charge in [0.05, 0.1) is 65.4 Å². The Bertz CT molecular complexity index is 1970. The Morgan fingerprint density at radius 2 is 1.52 bits per heavy atom. The molecule has 4 amide bonds. The molecule has 3 aliphatic rings. The highest BCUT2D eigenvalue weighted by molar-refractivity contribution is 8.00. The van der Waals surface area contributed by atoms with E-state index in [0.717, 1.165) is 53.5 Å². The second-order valence-corrected chi connectivity index (χ2v) is 18.1. The van der Waals surface area contributed by atoms with E-state index < -0.39 is 6.04 Å². The van der Waals surface area contributed by atoms with E-state index in [1.165, 1.54) is 12.1 Å². The van der Waals surface area contributed by atoms with Gasteiger partial charge in [-0.05, 0) is 75.4 Å². The van der Waals surface area contributed by atoms with Gasteiger partial charge < -0.3 is 55.4 Å². The first kappa shape index (κ1) is 49.8. The Hall–Kier alpha value is -4.59. The molecule has 0 saturated carbocycles. The number of nitrogens with zero attached hydrogens (tertiary/aromatic N) is 3. The van der Waals surface area contributed by atoms with Crippen LogP contribution in [0.3, 0.4) is 0 Å². The molecule has 0 radical (unpaired) electrons. The van der Waals surface area contributed by atoms with Crippen molar-refractivity contribution in [2.24, 2.45) is 11.7 Å². The standard InChI is InChI=1S/C47H67FN8O8S/c1-33-9-15-36(16-10-33)52-46-45(34-11-13-35(48)14-12-34)54-41-31-55(20-21-56(41)46)47(60)38(49)6-4-5-18-50-43(58)17-22-61-24-26-63-28-29-64-27-25-62-23-19-51-42(57)8-3-2-7-40-37-30-44(59)53-39(37)32-65-40/h9-16,37-40,52H,2-8,17-32,49H2,1H3,(H,50,58)(H,51,57)(H,53,59)/t37?,38-,39?,40?/m0/s1. The summed E-state index contributed by atoms with van der Waals surface area (Å²) in [5.74, 6) is 2.64. The zero-order chi connectivity index (χ0) is 45.8. The van der Waals surface area contributed by atoms with Crippen molar-refractivity contribution < 1.29 is 42.5 Å². The van der Waals surface area contributed by atoms with Crippen LogP contribution in [0, 0.1) is 18.7 Å². The summed E-state index contributed by atoms with van der Waals surface area (Å²) in [4.78, 5) is 56.1. The second kappa shape index (κ2) is 26.5. The van der Waals surface area contributed by atoms with Crippen LogP contribution in [0.4, 0.5) is 15.9 Å². The van der Waals surface area contributed by atoms with Crippen LogP contribution in [-0.2, 0) is 51.2 Å². The average molecular weight is 923 g/mol. The fraction of sp³-hybridized carbons (Fsp3) is 0.596. The van der Waals surface area contributed by atoms with Crippen molar-refractivity contribution in [2.45, 2.75) is 95.1 Å². The first-order valence-electron chi connectivity index (χ1n) is 23.1. The number of anilines is 2.